The van der Waals surface area contributed by atoms with Crippen LogP contribution in [0.5, 0.6) is 11.5 Å². The first-order valence-electron chi connectivity index (χ1n) is 11.8. The van der Waals surface area contributed by atoms with E-state index in [1.165, 1.54) is 54.0 Å². The van der Waals surface area contributed by atoms with Gasteiger partial charge in [-0.2, -0.15) is 9.41 Å². The molecule has 1 heterocycles. The topological polar surface area (TPSA) is 140 Å². The molecule has 3 aromatic rings. The summed E-state index contributed by atoms with van der Waals surface area (Å²) < 4.78 is 38.5. The van der Waals surface area contributed by atoms with Crippen molar-refractivity contribution in [2.45, 2.75) is 30.4 Å². The number of hydrogen-bond donors (Lipinski definition) is 1. The van der Waals surface area contributed by atoms with E-state index in [9.17, 15) is 23.3 Å². The van der Waals surface area contributed by atoms with E-state index >= 15 is 0 Å². The summed E-state index contributed by atoms with van der Waals surface area (Å²) in [6, 6.07) is 16.0. The van der Waals surface area contributed by atoms with E-state index in [2.05, 4.69) is 10.5 Å². The molecule has 0 aliphatic carbocycles. The van der Waals surface area contributed by atoms with Crippen molar-refractivity contribution in [3.05, 3.63) is 93.0 Å². The summed E-state index contributed by atoms with van der Waals surface area (Å²) in [5, 5.41) is 15.2. The number of nitro groups is 1. The molecule has 1 saturated heterocycles. The van der Waals surface area contributed by atoms with E-state index in [0.29, 0.717) is 34.9 Å². The maximum Gasteiger partial charge on any atom is 0.269 e. The van der Waals surface area contributed by atoms with E-state index < -0.39 is 26.9 Å². The fourth-order valence-corrected chi connectivity index (χ4v) is 5.82. The lowest BCUT2D eigenvalue weighted by Crippen LogP contribution is -2.44. The zero-order valence-corrected chi connectivity index (χ0v) is 22.4. The molecule has 4 rings (SSSR count). The van der Waals surface area contributed by atoms with Gasteiger partial charge in [0.25, 0.3) is 11.6 Å². The Morgan fingerprint density at radius 3 is 2.54 bits per heavy atom. The van der Waals surface area contributed by atoms with E-state index in [1.54, 1.807) is 30.3 Å². The molecule has 11 nitrogen and oxygen atoms in total. The quantitative estimate of drug-likeness (QED) is 0.219. The first kappa shape index (κ1) is 28.0. The second-order valence-electron chi connectivity index (χ2n) is 8.58. The number of sulfonamides is 1. The van der Waals surface area contributed by atoms with Gasteiger partial charge in [0.15, 0.2) is 11.5 Å². The van der Waals surface area contributed by atoms with Crippen molar-refractivity contribution in [1.82, 2.24) is 9.73 Å². The van der Waals surface area contributed by atoms with Crippen LogP contribution in [0.2, 0.25) is 5.02 Å². The van der Waals surface area contributed by atoms with Gasteiger partial charge < -0.3 is 9.47 Å². The van der Waals surface area contributed by atoms with Crippen molar-refractivity contribution in [3.8, 4) is 11.5 Å². The molecule has 0 unspecified atom stereocenters. The van der Waals surface area contributed by atoms with Crippen LogP contribution in [-0.4, -0.2) is 49.5 Å². The fraction of sp³-hybridized carbons (Fsp3) is 0.231. The molecule has 0 spiro atoms. The zero-order valence-electron chi connectivity index (χ0n) is 20.8. The van der Waals surface area contributed by atoms with E-state index in [-0.39, 0.29) is 23.7 Å². The zero-order chi connectivity index (χ0) is 28.0. The molecule has 39 heavy (non-hydrogen) atoms. The highest BCUT2D eigenvalue weighted by molar-refractivity contribution is 7.89. The van der Waals surface area contributed by atoms with Gasteiger partial charge in [-0.3, -0.25) is 14.9 Å². The van der Waals surface area contributed by atoms with Crippen LogP contribution in [0.25, 0.3) is 0 Å². The molecule has 1 amide bonds. The molecule has 3 aromatic carbocycles. The highest BCUT2D eigenvalue weighted by Crippen LogP contribution is 2.29. The molecule has 0 aromatic heterocycles. The summed E-state index contributed by atoms with van der Waals surface area (Å²) in [4.78, 5) is 23.2. The molecule has 1 aliphatic heterocycles. The predicted octanol–water partition coefficient (Wildman–Crippen LogP) is 4.14. The molecule has 1 atom stereocenters. The van der Waals surface area contributed by atoms with Gasteiger partial charge in [0.05, 0.1) is 23.1 Å². The molecular formula is C26H25ClN4O7S. The third kappa shape index (κ3) is 6.72. The number of benzene rings is 3. The highest BCUT2D eigenvalue weighted by atomic mass is 35.5. The van der Waals surface area contributed by atoms with Crippen molar-refractivity contribution >= 4 is 39.4 Å². The summed E-state index contributed by atoms with van der Waals surface area (Å²) >= 11 is 5.87. The smallest absolute Gasteiger partial charge is 0.269 e. The van der Waals surface area contributed by atoms with Crippen molar-refractivity contribution in [2.24, 2.45) is 5.10 Å². The Morgan fingerprint density at radius 1 is 1.15 bits per heavy atom. The second kappa shape index (κ2) is 12.2. The number of rotatable bonds is 10. The van der Waals surface area contributed by atoms with Crippen LogP contribution in [0, 0.1) is 10.1 Å². The normalized spacial score (nSPS) is 15.8. The lowest BCUT2D eigenvalue weighted by Gasteiger charge is -2.22. The van der Waals surface area contributed by atoms with Crippen molar-refractivity contribution in [2.75, 3.05) is 13.7 Å². The number of non-ortho nitro benzene ring substituents is 1. The molecule has 1 fully saturated rings. The van der Waals surface area contributed by atoms with Crippen LogP contribution in [0.3, 0.4) is 0 Å². The van der Waals surface area contributed by atoms with Crippen LogP contribution in [0.4, 0.5) is 5.69 Å². The number of nitrogens with zero attached hydrogens (tertiary/aromatic N) is 3. The Hall–Kier alpha value is -4.00. The minimum atomic E-state index is -3.87. The summed E-state index contributed by atoms with van der Waals surface area (Å²) in [5.74, 6) is 0.338. The van der Waals surface area contributed by atoms with Crippen LogP contribution >= 0.6 is 11.6 Å². The molecule has 0 bridgehead atoms. The molecule has 0 radical (unpaired) electrons. The molecule has 204 valence electrons. The number of hydrogen-bond acceptors (Lipinski definition) is 8. The number of carbonyl (C=O) groups excluding carboxylic acids is 1. The van der Waals surface area contributed by atoms with Gasteiger partial charge >= 0.3 is 0 Å². The Balaban J connectivity index is 1.37. The maximum absolute atomic E-state index is 13.1. The predicted molar refractivity (Wildman–Crippen MR) is 145 cm³/mol. The van der Waals surface area contributed by atoms with Gasteiger partial charge in [0.2, 0.25) is 10.0 Å². The Bertz CT molecular complexity index is 1480. The van der Waals surface area contributed by atoms with Crippen molar-refractivity contribution in [3.63, 3.8) is 0 Å². The molecule has 13 heteroatoms. The highest BCUT2D eigenvalue weighted by Gasteiger charge is 2.39. The van der Waals surface area contributed by atoms with E-state index in [0.717, 1.165) is 5.56 Å². The number of nitro benzene ring substituents is 1. The number of ether oxygens (including phenoxy) is 2. The van der Waals surface area contributed by atoms with Crippen molar-refractivity contribution in [1.29, 1.82) is 0 Å². The number of hydrazone groups is 1. The third-order valence-corrected chi connectivity index (χ3v) is 8.22. The second-order valence-corrected chi connectivity index (χ2v) is 10.9. The van der Waals surface area contributed by atoms with Crippen LogP contribution in [0.15, 0.2) is 76.7 Å². The molecule has 1 aliphatic rings. The monoisotopic (exact) mass is 572 g/mol. The molecule has 0 saturated carbocycles. The Labute approximate surface area is 230 Å². The largest absolute Gasteiger partial charge is 0.493 e. The number of nitrogens with one attached hydrogen (secondary N) is 1. The standard InChI is InChI=1S/C26H25ClN4O7S/c1-37-25-15-19(6-13-24(25)38-17-18-4-9-21(10-5-18)31(33)34)16-28-29-26(32)23-3-2-14-30(23)39(35,36)22-11-7-20(27)8-12-22/h4-13,15-16,23H,2-3,14,17H2,1H3,(H,29,32)/b28-16-/t23-/m0/s1. The van der Waals surface area contributed by atoms with Gasteiger partial charge in [-0.25, -0.2) is 13.8 Å². The van der Waals surface area contributed by atoms with Gasteiger partial charge in [0, 0.05) is 23.7 Å². The minimum absolute atomic E-state index is 0.00381. The van der Waals surface area contributed by atoms with Crippen LogP contribution in [-0.2, 0) is 21.4 Å². The van der Waals surface area contributed by atoms with Crippen LogP contribution in [0.1, 0.15) is 24.0 Å². The van der Waals surface area contributed by atoms with Gasteiger partial charge in [-0.15, -0.1) is 0 Å². The Kier molecular flexibility index (Phi) is 8.79. The van der Waals surface area contributed by atoms with Crippen molar-refractivity contribution < 1.29 is 27.6 Å². The van der Waals surface area contributed by atoms with Gasteiger partial charge in [-0.05, 0) is 78.6 Å². The summed E-state index contributed by atoms with van der Waals surface area (Å²) in [5.41, 5.74) is 3.78. The summed E-state index contributed by atoms with van der Waals surface area (Å²) in [7, 11) is -2.39. The lowest BCUT2D eigenvalue weighted by molar-refractivity contribution is -0.384. The summed E-state index contributed by atoms with van der Waals surface area (Å²) in [6.07, 6.45) is 2.34. The first-order chi connectivity index (χ1) is 18.7. The van der Waals surface area contributed by atoms with Crippen LogP contribution < -0.4 is 14.9 Å². The molecule has 1 N–H and O–H groups in total. The first-order valence-corrected chi connectivity index (χ1v) is 13.7. The SMILES string of the molecule is COc1cc(/C=N\NC(=O)[C@@H]2CCCN2S(=O)(=O)c2ccc(Cl)cc2)ccc1OCc1ccc([N+](=O)[O-])cc1. The number of halogens is 1. The Morgan fingerprint density at radius 2 is 1.87 bits per heavy atom. The average Bonchev–Trinajstić information content (AvgIpc) is 3.44. The third-order valence-electron chi connectivity index (χ3n) is 6.04. The maximum atomic E-state index is 13.1. The molecular weight excluding hydrogens is 548 g/mol. The van der Waals surface area contributed by atoms with E-state index in [4.69, 9.17) is 21.1 Å². The number of amides is 1. The minimum Gasteiger partial charge on any atom is -0.493 e. The van der Waals surface area contributed by atoms with Gasteiger partial charge in [0.1, 0.15) is 12.6 Å². The van der Waals surface area contributed by atoms with E-state index in [1.807, 2.05) is 0 Å². The lowest BCUT2D eigenvalue weighted by atomic mass is 10.2. The number of carbonyl (C=O) groups is 1. The summed E-state index contributed by atoms with van der Waals surface area (Å²) in [6.45, 7) is 0.403. The number of methoxy groups -OCH3 is 1. The van der Waals surface area contributed by atoms with Gasteiger partial charge in [-0.1, -0.05) is 11.6 Å². The fourth-order valence-electron chi connectivity index (χ4n) is 4.04. The average molecular weight is 573 g/mol.